The molecule has 1 saturated carbocycles. The van der Waals surface area contributed by atoms with Crippen molar-refractivity contribution in [2.75, 3.05) is 6.54 Å². The van der Waals surface area contributed by atoms with E-state index in [4.69, 9.17) is 0 Å². The van der Waals surface area contributed by atoms with Gasteiger partial charge in [-0.1, -0.05) is 5.57 Å². The Morgan fingerprint density at radius 1 is 1.45 bits per heavy atom. The summed E-state index contributed by atoms with van der Waals surface area (Å²) in [5.74, 6) is 0. The summed E-state index contributed by atoms with van der Waals surface area (Å²) in [5.41, 5.74) is 2.77. The summed E-state index contributed by atoms with van der Waals surface area (Å²) in [6.07, 6.45) is 10.7. The van der Waals surface area contributed by atoms with Gasteiger partial charge in [0.15, 0.2) is 0 Å². The van der Waals surface area contributed by atoms with E-state index in [1.54, 1.807) is 0 Å². The Balaban J connectivity index is 1.89. The van der Waals surface area contributed by atoms with Crippen molar-refractivity contribution in [2.24, 2.45) is 0 Å². The minimum absolute atomic E-state index is 0.917. The maximum Gasteiger partial charge on any atom is 0.0545 e. The largest absolute Gasteiger partial charge is 0.385 e. The van der Waals surface area contributed by atoms with Gasteiger partial charge in [-0.15, -0.1) is 0 Å². The lowest BCUT2D eigenvalue weighted by atomic mass is 10.3. The summed E-state index contributed by atoms with van der Waals surface area (Å²) < 4.78 is 0. The van der Waals surface area contributed by atoms with E-state index in [-0.39, 0.29) is 0 Å². The molecule has 0 aromatic rings. The summed E-state index contributed by atoms with van der Waals surface area (Å²) in [6.45, 7) is 0.917. The topological polar surface area (TPSA) is 24.1 Å². The van der Waals surface area contributed by atoms with Crippen LogP contribution in [0.15, 0.2) is 35.8 Å². The molecule has 0 spiro atoms. The second-order valence-corrected chi connectivity index (χ2v) is 2.88. The van der Waals surface area contributed by atoms with Gasteiger partial charge in [-0.3, -0.25) is 0 Å². The second-order valence-electron chi connectivity index (χ2n) is 2.88. The van der Waals surface area contributed by atoms with Crippen LogP contribution < -0.4 is 10.6 Å². The maximum atomic E-state index is 3.27. The number of allylic oxidation sites excluding steroid dienone is 3. The Bertz CT molecular complexity index is 230. The Morgan fingerprint density at radius 2 is 2.36 bits per heavy atom. The number of hydrogen-bond donors (Lipinski definition) is 2. The summed E-state index contributed by atoms with van der Waals surface area (Å²) >= 11 is 0. The van der Waals surface area contributed by atoms with Crippen LogP contribution in [0.3, 0.4) is 0 Å². The quantitative estimate of drug-likeness (QED) is 0.616. The van der Waals surface area contributed by atoms with Gasteiger partial charge >= 0.3 is 0 Å². The van der Waals surface area contributed by atoms with Crippen LogP contribution in [0, 0.1) is 0 Å². The molecule has 2 aliphatic rings. The van der Waals surface area contributed by atoms with Crippen molar-refractivity contribution >= 4 is 0 Å². The monoisotopic (exact) mass is 148 g/mol. The molecule has 2 rings (SSSR count). The van der Waals surface area contributed by atoms with Gasteiger partial charge in [0.1, 0.15) is 0 Å². The highest BCUT2D eigenvalue weighted by Gasteiger charge is 2.09. The third-order valence-corrected chi connectivity index (χ3v) is 1.80. The lowest BCUT2D eigenvalue weighted by Gasteiger charge is -2.09. The molecular weight excluding hydrogens is 136 g/mol. The van der Waals surface area contributed by atoms with E-state index in [9.17, 15) is 0 Å². The van der Waals surface area contributed by atoms with Gasteiger partial charge < -0.3 is 10.6 Å². The van der Waals surface area contributed by atoms with Crippen LogP contribution in [-0.4, -0.2) is 6.54 Å². The summed E-state index contributed by atoms with van der Waals surface area (Å²) in [6, 6.07) is 0. The number of rotatable bonds is 2. The van der Waals surface area contributed by atoms with Crippen molar-refractivity contribution in [3.05, 3.63) is 35.8 Å². The molecule has 2 heteroatoms. The van der Waals surface area contributed by atoms with Crippen LogP contribution in [0.2, 0.25) is 0 Å². The van der Waals surface area contributed by atoms with E-state index in [1.807, 2.05) is 12.3 Å². The average molecular weight is 148 g/mol. The van der Waals surface area contributed by atoms with Gasteiger partial charge in [-0.25, -0.2) is 0 Å². The number of hydrogen-bond acceptors (Lipinski definition) is 2. The fraction of sp³-hybridized carbons (Fsp3) is 0.333. The SMILES string of the molecule is C1=CNCC(NC=C2CC2)=C1. The zero-order valence-corrected chi connectivity index (χ0v) is 6.43. The Hall–Kier alpha value is -1.18. The molecule has 1 fully saturated rings. The lowest BCUT2D eigenvalue weighted by molar-refractivity contribution is 0.852. The Kier molecular flexibility index (Phi) is 1.68. The van der Waals surface area contributed by atoms with E-state index >= 15 is 0 Å². The fourth-order valence-electron chi connectivity index (χ4n) is 0.971. The number of nitrogens with one attached hydrogen (secondary N) is 2. The highest BCUT2D eigenvalue weighted by Crippen LogP contribution is 2.26. The molecular formula is C9H12N2. The zero-order valence-electron chi connectivity index (χ0n) is 6.43. The molecule has 0 radical (unpaired) electrons. The van der Waals surface area contributed by atoms with Gasteiger partial charge in [0.25, 0.3) is 0 Å². The summed E-state index contributed by atoms with van der Waals surface area (Å²) in [7, 11) is 0. The van der Waals surface area contributed by atoms with Crippen LogP contribution >= 0.6 is 0 Å². The van der Waals surface area contributed by atoms with Crippen LogP contribution in [0.4, 0.5) is 0 Å². The molecule has 0 aromatic carbocycles. The van der Waals surface area contributed by atoms with Crippen LogP contribution in [0.1, 0.15) is 12.8 Å². The van der Waals surface area contributed by atoms with Gasteiger partial charge in [0.2, 0.25) is 0 Å². The first kappa shape index (κ1) is 6.53. The summed E-state index contributed by atoms with van der Waals surface area (Å²) in [4.78, 5) is 0. The molecule has 0 saturated heterocycles. The highest BCUT2D eigenvalue weighted by molar-refractivity contribution is 5.22. The van der Waals surface area contributed by atoms with Crippen LogP contribution in [-0.2, 0) is 0 Å². The molecule has 0 atom stereocenters. The first-order valence-corrected chi connectivity index (χ1v) is 3.99. The molecule has 0 bridgehead atoms. The smallest absolute Gasteiger partial charge is 0.0545 e. The third-order valence-electron chi connectivity index (χ3n) is 1.80. The van der Waals surface area contributed by atoms with Gasteiger partial charge in [-0.05, 0) is 37.4 Å². The standard InChI is InChI=1S/C9H12N2/c1-2-9(7-10-5-1)11-6-8-3-4-8/h1-2,5-6,10-11H,3-4,7H2. The van der Waals surface area contributed by atoms with Gasteiger partial charge in [-0.2, -0.15) is 0 Å². The van der Waals surface area contributed by atoms with E-state index in [0.717, 1.165) is 6.54 Å². The lowest BCUT2D eigenvalue weighted by Crippen LogP contribution is -2.20. The average Bonchev–Trinajstić information content (AvgIpc) is 2.86. The van der Waals surface area contributed by atoms with E-state index < -0.39 is 0 Å². The maximum absolute atomic E-state index is 3.27. The molecule has 1 aliphatic heterocycles. The van der Waals surface area contributed by atoms with Crippen molar-refractivity contribution in [1.29, 1.82) is 0 Å². The van der Waals surface area contributed by atoms with Crippen LogP contribution in [0.25, 0.3) is 0 Å². The van der Waals surface area contributed by atoms with Crippen molar-refractivity contribution in [1.82, 2.24) is 10.6 Å². The van der Waals surface area contributed by atoms with Crippen molar-refractivity contribution in [2.45, 2.75) is 12.8 Å². The molecule has 0 unspecified atom stereocenters. The Morgan fingerprint density at radius 3 is 3.00 bits per heavy atom. The molecule has 1 aliphatic carbocycles. The van der Waals surface area contributed by atoms with E-state index in [2.05, 4.69) is 22.9 Å². The molecule has 58 valence electrons. The van der Waals surface area contributed by atoms with Crippen molar-refractivity contribution in [3.63, 3.8) is 0 Å². The van der Waals surface area contributed by atoms with E-state index in [0.29, 0.717) is 0 Å². The molecule has 2 N–H and O–H groups in total. The predicted octanol–water partition coefficient (Wildman–Crippen LogP) is 1.25. The van der Waals surface area contributed by atoms with E-state index in [1.165, 1.54) is 24.1 Å². The molecule has 1 heterocycles. The first-order valence-electron chi connectivity index (χ1n) is 3.99. The minimum atomic E-state index is 0.917. The minimum Gasteiger partial charge on any atom is -0.385 e. The van der Waals surface area contributed by atoms with Gasteiger partial charge in [0.05, 0.1) is 6.54 Å². The fourth-order valence-corrected chi connectivity index (χ4v) is 0.971. The van der Waals surface area contributed by atoms with Crippen LogP contribution in [0.5, 0.6) is 0 Å². The number of dihydropyridines is 1. The molecule has 2 nitrogen and oxygen atoms in total. The summed E-state index contributed by atoms with van der Waals surface area (Å²) in [5, 5.41) is 6.41. The van der Waals surface area contributed by atoms with Gasteiger partial charge in [0, 0.05) is 5.70 Å². The molecule has 0 aromatic heterocycles. The normalized spacial score (nSPS) is 20.4. The second kappa shape index (κ2) is 2.82. The zero-order chi connectivity index (χ0) is 7.52. The predicted molar refractivity (Wildman–Crippen MR) is 45.7 cm³/mol. The van der Waals surface area contributed by atoms with Crippen molar-refractivity contribution in [3.8, 4) is 0 Å². The Labute approximate surface area is 66.7 Å². The third kappa shape index (κ3) is 1.87. The highest BCUT2D eigenvalue weighted by atomic mass is 14.9. The first-order chi connectivity index (χ1) is 5.45. The molecule has 11 heavy (non-hydrogen) atoms. The molecule has 0 amide bonds. The van der Waals surface area contributed by atoms with Crippen molar-refractivity contribution < 1.29 is 0 Å².